The van der Waals surface area contributed by atoms with Gasteiger partial charge in [0.1, 0.15) is 0 Å². The van der Waals surface area contributed by atoms with E-state index in [4.69, 9.17) is 5.26 Å². The van der Waals surface area contributed by atoms with Gasteiger partial charge in [-0.3, -0.25) is 0 Å². The molecule has 0 saturated heterocycles. The highest BCUT2D eigenvalue weighted by Gasteiger charge is 2.02. The number of unbranched alkanes of at least 4 members (excludes halogenated alkanes) is 5. The first-order valence-electron chi connectivity index (χ1n) is 8.15. The molecule has 0 aliphatic carbocycles. The van der Waals surface area contributed by atoms with Crippen LogP contribution in [0, 0.1) is 11.3 Å². The minimum absolute atomic E-state index is 0.656. The second-order valence-corrected chi connectivity index (χ2v) is 5.62. The van der Waals surface area contributed by atoms with E-state index in [-0.39, 0.29) is 0 Å². The molecule has 0 saturated carbocycles. The van der Waals surface area contributed by atoms with Crippen LogP contribution in [0.3, 0.4) is 0 Å². The number of aryl methyl sites for hydroxylation is 1. The van der Waals surface area contributed by atoms with Gasteiger partial charge in [0, 0.05) is 18.0 Å². The lowest BCUT2D eigenvalue weighted by Crippen LogP contribution is -1.93. The number of hydrogen-bond donors (Lipinski definition) is 0. The topological polar surface area (TPSA) is 49.6 Å². The van der Waals surface area contributed by atoms with E-state index in [0.29, 0.717) is 5.56 Å². The molecule has 0 bridgehead atoms. The summed E-state index contributed by atoms with van der Waals surface area (Å²) >= 11 is 0. The van der Waals surface area contributed by atoms with Gasteiger partial charge in [0.05, 0.1) is 11.6 Å². The van der Waals surface area contributed by atoms with Crippen LogP contribution in [0.15, 0.2) is 36.7 Å². The Balaban J connectivity index is 1.83. The number of nitriles is 1. The number of benzene rings is 1. The van der Waals surface area contributed by atoms with Crippen molar-refractivity contribution in [2.45, 2.75) is 51.9 Å². The number of hydrogen-bond acceptors (Lipinski definition) is 3. The Labute approximate surface area is 133 Å². The zero-order valence-corrected chi connectivity index (χ0v) is 13.3. The van der Waals surface area contributed by atoms with Gasteiger partial charge in [-0.15, -0.1) is 0 Å². The molecule has 2 rings (SSSR count). The minimum Gasteiger partial charge on any atom is -0.236 e. The third-order valence-corrected chi connectivity index (χ3v) is 3.80. The maximum absolute atomic E-state index is 8.80. The summed E-state index contributed by atoms with van der Waals surface area (Å²) in [6.07, 6.45) is 12.7. The third kappa shape index (κ3) is 4.96. The van der Waals surface area contributed by atoms with Crippen LogP contribution in [-0.2, 0) is 6.42 Å². The van der Waals surface area contributed by atoms with Crippen molar-refractivity contribution in [1.82, 2.24) is 9.97 Å². The van der Waals surface area contributed by atoms with Crippen molar-refractivity contribution in [2.75, 3.05) is 0 Å². The molecule has 114 valence electrons. The van der Waals surface area contributed by atoms with Gasteiger partial charge in [-0.2, -0.15) is 5.26 Å². The molecular formula is C19H23N3. The summed E-state index contributed by atoms with van der Waals surface area (Å²) in [5.41, 5.74) is 2.81. The lowest BCUT2D eigenvalue weighted by atomic mass is 10.1. The van der Waals surface area contributed by atoms with Crippen molar-refractivity contribution >= 4 is 0 Å². The summed E-state index contributed by atoms with van der Waals surface area (Å²) in [7, 11) is 0. The summed E-state index contributed by atoms with van der Waals surface area (Å²) in [6.45, 7) is 2.24. The molecule has 1 heterocycles. The van der Waals surface area contributed by atoms with E-state index in [1.165, 1.54) is 44.1 Å². The van der Waals surface area contributed by atoms with Gasteiger partial charge >= 0.3 is 0 Å². The highest BCUT2D eigenvalue weighted by Crippen LogP contribution is 2.16. The Morgan fingerprint density at radius 3 is 2.18 bits per heavy atom. The van der Waals surface area contributed by atoms with E-state index in [0.717, 1.165) is 17.8 Å². The van der Waals surface area contributed by atoms with Crippen molar-refractivity contribution in [2.24, 2.45) is 0 Å². The molecule has 0 atom stereocenters. The molecule has 3 nitrogen and oxygen atoms in total. The summed E-state index contributed by atoms with van der Waals surface area (Å²) in [6, 6.07) is 9.48. The zero-order chi connectivity index (χ0) is 15.6. The maximum Gasteiger partial charge on any atom is 0.159 e. The van der Waals surface area contributed by atoms with Gasteiger partial charge in [-0.1, -0.05) is 39.0 Å². The van der Waals surface area contributed by atoms with Crippen molar-refractivity contribution < 1.29 is 0 Å². The van der Waals surface area contributed by atoms with Gasteiger partial charge < -0.3 is 0 Å². The van der Waals surface area contributed by atoms with Gasteiger partial charge in [-0.05, 0) is 42.7 Å². The molecule has 1 aromatic heterocycles. The molecule has 0 radical (unpaired) electrons. The lowest BCUT2D eigenvalue weighted by molar-refractivity contribution is 0.607. The Morgan fingerprint density at radius 2 is 1.55 bits per heavy atom. The standard InChI is InChI=1S/C19H23N3/c1-2-3-4-5-6-7-8-17-14-21-19(22-15-17)18-11-9-16(13-20)10-12-18/h9-12,14-15H,2-8H2,1H3. The van der Waals surface area contributed by atoms with Crippen molar-refractivity contribution in [3.8, 4) is 17.5 Å². The molecule has 1 aromatic carbocycles. The van der Waals surface area contributed by atoms with Crippen molar-refractivity contribution in [1.29, 1.82) is 5.26 Å². The largest absolute Gasteiger partial charge is 0.236 e. The van der Waals surface area contributed by atoms with Crippen LogP contribution in [-0.4, -0.2) is 9.97 Å². The monoisotopic (exact) mass is 293 g/mol. The predicted octanol–water partition coefficient (Wildman–Crippen LogP) is 4.92. The minimum atomic E-state index is 0.656. The Morgan fingerprint density at radius 1 is 0.909 bits per heavy atom. The average Bonchev–Trinajstić information content (AvgIpc) is 2.59. The molecule has 0 fully saturated rings. The molecule has 0 N–H and O–H groups in total. The fourth-order valence-corrected chi connectivity index (χ4v) is 2.44. The quantitative estimate of drug-likeness (QED) is 0.649. The zero-order valence-electron chi connectivity index (χ0n) is 13.3. The van der Waals surface area contributed by atoms with Crippen LogP contribution in [0.2, 0.25) is 0 Å². The number of nitrogens with zero attached hydrogens (tertiary/aromatic N) is 3. The summed E-state index contributed by atoms with van der Waals surface area (Å²) in [5, 5.41) is 8.80. The Bertz CT molecular complexity index is 594. The molecule has 0 unspecified atom stereocenters. The highest BCUT2D eigenvalue weighted by atomic mass is 14.9. The van der Waals surface area contributed by atoms with Crippen LogP contribution in [0.4, 0.5) is 0 Å². The fraction of sp³-hybridized carbons (Fsp3) is 0.421. The maximum atomic E-state index is 8.80. The SMILES string of the molecule is CCCCCCCCc1cnc(-c2ccc(C#N)cc2)nc1. The van der Waals surface area contributed by atoms with Crippen LogP contribution >= 0.6 is 0 Å². The van der Waals surface area contributed by atoms with Gasteiger partial charge in [0.2, 0.25) is 0 Å². The Hall–Kier alpha value is -2.21. The molecule has 2 aromatic rings. The Kier molecular flexibility index (Phi) is 6.57. The van der Waals surface area contributed by atoms with Crippen molar-refractivity contribution in [3.63, 3.8) is 0 Å². The smallest absolute Gasteiger partial charge is 0.159 e. The van der Waals surface area contributed by atoms with Crippen LogP contribution in [0.1, 0.15) is 56.6 Å². The predicted molar refractivity (Wildman–Crippen MR) is 89.3 cm³/mol. The molecule has 0 amide bonds. The van der Waals surface area contributed by atoms with E-state index >= 15 is 0 Å². The molecule has 22 heavy (non-hydrogen) atoms. The average molecular weight is 293 g/mol. The second kappa shape index (κ2) is 8.94. The summed E-state index contributed by atoms with van der Waals surface area (Å²) in [4.78, 5) is 8.88. The first kappa shape index (κ1) is 16.2. The first-order chi connectivity index (χ1) is 10.8. The number of aromatic nitrogens is 2. The van der Waals surface area contributed by atoms with E-state index in [9.17, 15) is 0 Å². The third-order valence-electron chi connectivity index (χ3n) is 3.80. The van der Waals surface area contributed by atoms with Gasteiger partial charge in [0.25, 0.3) is 0 Å². The van der Waals surface area contributed by atoms with E-state index in [2.05, 4.69) is 23.0 Å². The molecule has 0 aliphatic rings. The first-order valence-corrected chi connectivity index (χ1v) is 8.15. The second-order valence-electron chi connectivity index (χ2n) is 5.62. The van der Waals surface area contributed by atoms with Crippen molar-refractivity contribution in [3.05, 3.63) is 47.8 Å². The van der Waals surface area contributed by atoms with Crippen LogP contribution < -0.4 is 0 Å². The molecular weight excluding hydrogens is 270 g/mol. The molecule has 3 heteroatoms. The van der Waals surface area contributed by atoms with Gasteiger partial charge in [-0.25, -0.2) is 9.97 Å². The lowest BCUT2D eigenvalue weighted by Gasteiger charge is -2.03. The molecule has 0 spiro atoms. The molecule has 0 aliphatic heterocycles. The highest BCUT2D eigenvalue weighted by molar-refractivity contribution is 5.56. The normalized spacial score (nSPS) is 10.4. The van der Waals surface area contributed by atoms with Crippen LogP contribution in [0.25, 0.3) is 11.4 Å². The van der Waals surface area contributed by atoms with E-state index < -0.39 is 0 Å². The van der Waals surface area contributed by atoms with Gasteiger partial charge in [0.15, 0.2) is 5.82 Å². The summed E-state index contributed by atoms with van der Waals surface area (Å²) < 4.78 is 0. The summed E-state index contributed by atoms with van der Waals surface area (Å²) in [5.74, 6) is 0.719. The fourth-order valence-electron chi connectivity index (χ4n) is 2.44. The number of rotatable bonds is 8. The van der Waals surface area contributed by atoms with E-state index in [1.807, 2.05) is 24.5 Å². The van der Waals surface area contributed by atoms with E-state index in [1.54, 1.807) is 12.1 Å². The van der Waals surface area contributed by atoms with Crippen LogP contribution in [0.5, 0.6) is 0 Å².